The van der Waals surface area contributed by atoms with Gasteiger partial charge in [-0.2, -0.15) is 0 Å². The van der Waals surface area contributed by atoms with Gasteiger partial charge in [0.2, 0.25) is 35.4 Å². The van der Waals surface area contributed by atoms with Gasteiger partial charge >= 0.3 is 26.0 Å². The van der Waals surface area contributed by atoms with Crippen molar-refractivity contribution in [3.63, 3.8) is 0 Å². The average molecular weight is 1250 g/mol. The van der Waals surface area contributed by atoms with E-state index in [1.165, 1.54) is 78.3 Å². The first-order valence-corrected chi connectivity index (χ1v) is 30.0. The molecule has 0 spiro atoms. The predicted molar refractivity (Wildman–Crippen MR) is 314 cm³/mol. The number of allylic oxidation sites excluding steroid dienone is 4. The molecule has 7 atom stereocenters. The number of hydrogen-bond acceptors (Lipinski definition) is 19. The summed E-state index contributed by atoms with van der Waals surface area (Å²) in [4.78, 5) is 135. The fraction of sp³-hybridized carbons (Fsp3) is 0.569. The van der Waals surface area contributed by atoms with Crippen LogP contribution in [0.3, 0.4) is 0 Å². The van der Waals surface area contributed by atoms with E-state index in [4.69, 9.17) is 38.7 Å². The summed E-state index contributed by atoms with van der Waals surface area (Å²) >= 11 is 0. The number of amides is 8. The number of phosphoric ester groups is 1. The van der Waals surface area contributed by atoms with Crippen LogP contribution in [0.2, 0.25) is 0 Å². The molecule has 28 nitrogen and oxygen atoms in total. The lowest BCUT2D eigenvalue weighted by molar-refractivity contribution is -0.142. The Hall–Kier alpha value is -7.14. The third kappa shape index (κ3) is 30.4. The second-order valence-corrected chi connectivity index (χ2v) is 22.3. The van der Waals surface area contributed by atoms with Crippen LogP contribution in [0.15, 0.2) is 85.0 Å². The molecule has 2 aliphatic rings. The van der Waals surface area contributed by atoms with Crippen molar-refractivity contribution in [3.8, 4) is 0 Å². The number of aliphatic hydroxyl groups is 2. The summed E-state index contributed by atoms with van der Waals surface area (Å²) in [6, 6.07) is 4.37. The molecule has 1 aromatic rings. The van der Waals surface area contributed by atoms with Crippen LogP contribution in [0.1, 0.15) is 84.6 Å². The number of aliphatic hydroxyl groups excluding tert-OH is 1. The van der Waals surface area contributed by atoms with Crippen molar-refractivity contribution in [2.24, 2.45) is 17.6 Å². The quantitative estimate of drug-likeness (QED) is 0.00890. The molecule has 87 heavy (non-hydrogen) atoms. The predicted octanol–water partition coefficient (Wildman–Crippen LogP) is 2.84. The molecule has 0 bridgehead atoms. The first kappa shape index (κ1) is 74.1. The average Bonchev–Trinajstić information content (AvgIpc) is 3.44. The molecule has 1 unspecified atom stereocenters. The van der Waals surface area contributed by atoms with Gasteiger partial charge in [0.05, 0.1) is 52.3 Å². The van der Waals surface area contributed by atoms with E-state index in [2.05, 4.69) is 16.0 Å². The first-order chi connectivity index (χ1) is 41.1. The van der Waals surface area contributed by atoms with Gasteiger partial charge in [0.25, 0.3) is 0 Å². The van der Waals surface area contributed by atoms with Gasteiger partial charge in [-0.15, -0.1) is 0 Å². The summed E-state index contributed by atoms with van der Waals surface area (Å²) in [6.45, 7) is 7.75. The monoisotopic (exact) mass is 1250 g/mol. The number of anilines is 1. The number of carbonyl (C=O) groups excluding carboxylic acids is 9. The van der Waals surface area contributed by atoms with Crippen molar-refractivity contribution in [2.75, 3.05) is 85.3 Å². The zero-order valence-electron chi connectivity index (χ0n) is 50.2. The third-order valence-corrected chi connectivity index (χ3v) is 13.7. The number of cyclic esters (lactones) is 1. The van der Waals surface area contributed by atoms with Crippen LogP contribution in [-0.2, 0) is 77.7 Å². The summed E-state index contributed by atoms with van der Waals surface area (Å²) in [5.74, 6) is -3.76. The second kappa shape index (κ2) is 38.9. The van der Waals surface area contributed by atoms with Gasteiger partial charge in [-0.1, -0.05) is 81.9 Å². The number of likely N-dealkylation sites (N-methyl/N-ethyl adjacent to an activating group) is 2. The number of unbranched alkanes of at least 4 members (excludes halogenated alkanes) is 1. The molecule has 1 saturated heterocycles. The summed E-state index contributed by atoms with van der Waals surface area (Å²) in [5.41, 5.74) is 4.28. The summed E-state index contributed by atoms with van der Waals surface area (Å²) in [6.07, 6.45) is 10.4. The highest BCUT2D eigenvalue weighted by Crippen LogP contribution is 2.41. The summed E-state index contributed by atoms with van der Waals surface area (Å²) in [5, 5.41) is 29.7. The van der Waals surface area contributed by atoms with Crippen molar-refractivity contribution in [3.05, 3.63) is 90.6 Å². The number of nitrogens with zero attached hydrogens (tertiary/aromatic N) is 3. The number of carbonyl (C=O) groups is 9. The van der Waals surface area contributed by atoms with E-state index in [0.29, 0.717) is 30.5 Å². The number of nitrogens with one attached hydrogen (secondary N) is 3. The molecule has 2 heterocycles. The minimum Gasteiger partial charge on any atom is -0.455 e. The molecular formula is C58H86N7O21P. The fourth-order valence-electron chi connectivity index (χ4n) is 8.15. The minimum atomic E-state index is -5.10. The Bertz CT molecular complexity index is 2620. The van der Waals surface area contributed by atoms with E-state index in [9.17, 15) is 67.7 Å². The van der Waals surface area contributed by atoms with Crippen LogP contribution in [0.4, 0.5) is 15.3 Å². The van der Waals surface area contributed by atoms with Gasteiger partial charge in [-0.3, -0.25) is 38.2 Å². The van der Waals surface area contributed by atoms with E-state index < -0.39 is 92.0 Å². The normalized spacial score (nSPS) is 17.6. The van der Waals surface area contributed by atoms with Gasteiger partial charge in [-0.25, -0.2) is 18.9 Å². The molecule has 0 aliphatic carbocycles. The third-order valence-electron chi connectivity index (χ3n) is 13.2. The van der Waals surface area contributed by atoms with Crippen molar-refractivity contribution in [2.45, 2.75) is 122 Å². The first-order valence-electron chi connectivity index (χ1n) is 28.5. The van der Waals surface area contributed by atoms with Crippen LogP contribution in [0.25, 0.3) is 0 Å². The molecule has 484 valence electrons. The van der Waals surface area contributed by atoms with E-state index in [1.54, 1.807) is 63.3 Å². The molecule has 29 heteroatoms. The molecule has 0 radical (unpaired) electrons. The number of likely N-dealkylation sites (tertiary alicyclic amines) is 1. The van der Waals surface area contributed by atoms with Crippen molar-refractivity contribution in [1.29, 1.82) is 0 Å². The highest BCUT2D eigenvalue weighted by Gasteiger charge is 2.38. The van der Waals surface area contributed by atoms with Crippen LogP contribution in [-0.4, -0.2) is 204 Å². The van der Waals surface area contributed by atoms with Crippen molar-refractivity contribution < 1.29 is 101 Å². The van der Waals surface area contributed by atoms with Crippen LogP contribution in [0.5, 0.6) is 0 Å². The largest absolute Gasteiger partial charge is 0.469 e. The molecule has 0 saturated carbocycles. The lowest BCUT2D eigenvalue weighted by Gasteiger charge is -2.31. The topological polar surface area (TPSA) is 388 Å². The Morgan fingerprint density at radius 2 is 1.49 bits per heavy atom. The molecule has 2 aliphatic heterocycles. The van der Waals surface area contributed by atoms with E-state index in [1.807, 2.05) is 0 Å². The molecular weight excluding hydrogens is 1160 g/mol. The van der Waals surface area contributed by atoms with E-state index in [-0.39, 0.29) is 122 Å². The maximum Gasteiger partial charge on any atom is 0.469 e. The number of hydrogen-bond donors (Lipinski definition) is 8. The SMILES string of the molecule is CC1CC(=O)N(CCOCCOCCOCCC(=O)N[C@H](C(=O)N[C@@H](CCCCC(N)=O)C(=O)Nc2ccc(COC(=O)N(C)CCN(C)C(=O)OC\C=C/C=C\C=C/[C@@H](O)C[C@H](OP(=O)(O)O)[C@@](C)(O)/C=C/[C@@H]3CC=CC(=O)O3)cc2)C(C)C)C1=O. The fourth-order valence-corrected chi connectivity index (χ4v) is 8.79. The summed E-state index contributed by atoms with van der Waals surface area (Å²) in [7, 11) is -2.12. The number of nitrogens with two attached hydrogens (primary N) is 1. The molecule has 8 amide bonds. The molecule has 9 N–H and O–H groups in total. The number of rotatable bonds is 40. The Morgan fingerprint density at radius 1 is 0.862 bits per heavy atom. The van der Waals surface area contributed by atoms with Gasteiger partial charge in [-0.05, 0) is 55.5 Å². The van der Waals surface area contributed by atoms with Crippen molar-refractivity contribution in [1.82, 2.24) is 25.3 Å². The number of imide groups is 1. The van der Waals surface area contributed by atoms with E-state index in [0.717, 1.165) is 0 Å². The molecule has 0 aromatic heterocycles. The van der Waals surface area contributed by atoms with Crippen LogP contribution < -0.4 is 21.7 Å². The van der Waals surface area contributed by atoms with Gasteiger partial charge in [0.1, 0.15) is 43.1 Å². The minimum absolute atomic E-state index is 0.0476. The summed E-state index contributed by atoms with van der Waals surface area (Å²) < 4.78 is 48.7. The maximum absolute atomic E-state index is 13.6. The smallest absolute Gasteiger partial charge is 0.455 e. The van der Waals surface area contributed by atoms with Crippen LogP contribution in [0, 0.1) is 11.8 Å². The lowest BCUT2D eigenvalue weighted by Crippen LogP contribution is -2.54. The number of primary amides is 1. The Balaban J connectivity index is 1.37. The van der Waals surface area contributed by atoms with Gasteiger partial charge in [0, 0.05) is 77.0 Å². The van der Waals surface area contributed by atoms with Gasteiger partial charge < -0.3 is 79.9 Å². The molecule has 1 fully saturated rings. The lowest BCUT2D eigenvalue weighted by atomic mass is 9.93. The van der Waals surface area contributed by atoms with Gasteiger partial charge in [0.15, 0.2) is 0 Å². The highest BCUT2D eigenvalue weighted by atomic mass is 31.2. The number of esters is 1. The van der Waals surface area contributed by atoms with Crippen LogP contribution >= 0.6 is 7.82 Å². The molecule has 3 rings (SSSR count). The number of benzene rings is 1. The number of ether oxygens (including phenoxy) is 6. The zero-order chi connectivity index (χ0) is 64.5. The Labute approximate surface area is 506 Å². The Morgan fingerprint density at radius 3 is 2.10 bits per heavy atom. The highest BCUT2D eigenvalue weighted by molar-refractivity contribution is 7.46. The Kier molecular flexibility index (Phi) is 33.1. The number of phosphoric acid groups is 1. The van der Waals surface area contributed by atoms with E-state index >= 15 is 0 Å². The van der Waals surface area contributed by atoms with Crippen molar-refractivity contribution >= 4 is 67.1 Å². The maximum atomic E-state index is 13.6. The standard InChI is InChI=1S/C58H86N7O21P/c1-40(2)52(62-49(68)25-31-80-33-35-82-36-34-81-32-29-65-50(69)37-41(3)55(65)73)54(72)61-46(17-11-12-18-48(59)67)53(71)60-43-22-20-42(21-23-43)39-84-57(75)64(6)28-27-63(5)56(74)83-30-13-9-7-8-10-15-44(66)38-47(86-87(77,78)79)58(4,76)26-24-45-16-14-19-51(70)85-45/h7-10,13-15,19-24,26,40-41,44-47,52,66,76H,11-12,16-18,25,27-39H2,1-6H3,(H2,59,67)(H,60,71)(H,61,72)(H,62,68)(H2,77,78,79)/b8-7-,13-9-,15-10-,26-24+/t41?,44-,45+,46+,47+,52+,58+/m1/s1. The second-order valence-electron chi connectivity index (χ2n) is 21.1. The zero-order valence-corrected chi connectivity index (χ0v) is 51.0. The molecule has 1 aromatic carbocycles.